The van der Waals surface area contributed by atoms with E-state index in [9.17, 15) is 14.0 Å². The molecule has 3 rings (SSSR count). The molecule has 0 fully saturated rings. The maximum absolute atomic E-state index is 14.5. The summed E-state index contributed by atoms with van der Waals surface area (Å²) >= 11 is 9.69. The fourth-order valence-corrected chi connectivity index (χ4v) is 4.44. The predicted octanol–water partition coefficient (Wildman–Crippen LogP) is 6.20. The van der Waals surface area contributed by atoms with Crippen molar-refractivity contribution >= 4 is 39.3 Å². The number of carbonyl (C=O) groups is 2. The second-order valence-corrected chi connectivity index (χ2v) is 10.2. The molecule has 35 heavy (non-hydrogen) atoms. The van der Waals surface area contributed by atoms with Gasteiger partial charge in [0.15, 0.2) is 0 Å². The summed E-state index contributed by atoms with van der Waals surface area (Å²) in [7, 11) is 0. The van der Waals surface area contributed by atoms with Crippen LogP contribution < -0.4 is 5.32 Å². The molecule has 1 atom stereocenters. The first-order valence-corrected chi connectivity index (χ1v) is 12.7. The summed E-state index contributed by atoms with van der Waals surface area (Å²) in [6.07, 6.45) is 0.0811. The minimum absolute atomic E-state index is 0.124. The number of nitrogens with zero attached hydrogens (tertiary/aromatic N) is 1. The smallest absolute Gasteiger partial charge is 0.243 e. The van der Waals surface area contributed by atoms with Gasteiger partial charge < -0.3 is 10.2 Å². The number of hydrogen-bond acceptors (Lipinski definition) is 2. The van der Waals surface area contributed by atoms with Gasteiger partial charge in [-0.1, -0.05) is 89.9 Å². The maximum Gasteiger partial charge on any atom is 0.243 e. The van der Waals surface area contributed by atoms with Crippen LogP contribution >= 0.6 is 27.5 Å². The van der Waals surface area contributed by atoms with Crippen LogP contribution in [0.3, 0.4) is 0 Å². The van der Waals surface area contributed by atoms with E-state index in [4.69, 9.17) is 11.6 Å². The van der Waals surface area contributed by atoms with E-state index in [-0.39, 0.29) is 41.3 Å². The highest BCUT2D eigenvalue weighted by atomic mass is 79.9. The normalized spacial score (nSPS) is 11.8. The molecule has 0 saturated heterocycles. The van der Waals surface area contributed by atoms with Crippen LogP contribution in [0.2, 0.25) is 5.02 Å². The van der Waals surface area contributed by atoms with Crippen LogP contribution in [0.5, 0.6) is 0 Å². The molecule has 0 aromatic heterocycles. The Bertz CT molecular complexity index is 1140. The second-order valence-electron chi connectivity index (χ2n) is 8.87. The summed E-state index contributed by atoms with van der Waals surface area (Å²) in [5, 5.41) is 3.16. The molecule has 0 saturated carbocycles. The fourth-order valence-electron chi connectivity index (χ4n) is 3.76. The number of hydrogen-bond donors (Lipinski definition) is 1. The molecule has 0 bridgehead atoms. The average molecular weight is 560 g/mol. The summed E-state index contributed by atoms with van der Waals surface area (Å²) in [5.41, 5.74) is 1.90. The molecule has 2 amide bonds. The number of rotatable bonds is 10. The van der Waals surface area contributed by atoms with Crippen molar-refractivity contribution in [2.45, 2.75) is 39.3 Å². The summed E-state index contributed by atoms with van der Waals surface area (Å²) in [6, 6.07) is 20.7. The lowest BCUT2D eigenvalue weighted by Crippen LogP contribution is -2.51. The van der Waals surface area contributed by atoms with Crippen molar-refractivity contribution in [2.24, 2.45) is 5.92 Å². The number of amides is 2. The van der Waals surface area contributed by atoms with Crippen LogP contribution in [0.4, 0.5) is 4.39 Å². The first-order valence-electron chi connectivity index (χ1n) is 11.5. The van der Waals surface area contributed by atoms with Crippen molar-refractivity contribution < 1.29 is 14.0 Å². The van der Waals surface area contributed by atoms with Crippen molar-refractivity contribution in [1.82, 2.24) is 10.2 Å². The summed E-state index contributed by atoms with van der Waals surface area (Å²) in [4.78, 5) is 28.7. The number of nitrogens with one attached hydrogen (secondary N) is 1. The Morgan fingerprint density at radius 3 is 2.34 bits per heavy atom. The lowest BCUT2D eigenvalue weighted by atomic mass is 10.0. The number of carbonyl (C=O) groups excluding carboxylic acids is 2. The molecule has 0 aliphatic carbocycles. The number of halogens is 3. The lowest BCUT2D eigenvalue weighted by molar-refractivity contribution is -0.140. The predicted molar refractivity (Wildman–Crippen MR) is 142 cm³/mol. The van der Waals surface area contributed by atoms with Crippen molar-refractivity contribution in [3.63, 3.8) is 0 Å². The van der Waals surface area contributed by atoms with Crippen LogP contribution in [0.1, 0.15) is 30.5 Å². The summed E-state index contributed by atoms with van der Waals surface area (Å²) < 4.78 is 15.4. The quantitative estimate of drug-likeness (QED) is 0.322. The molecule has 0 radical (unpaired) electrons. The van der Waals surface area contributed by atoms with Gasteiger partial charge in [0.2, 0.25) is 11.8 Å². The molecule has 3 aromatic rings. The average Bonchev–Trinajstić information content (AvgIpc) is 2.82. The van der Waals surface area contributed by atoms with E-state index in [1.165, 1.54) is 17.0 Å². The van der Waals surface area contributed by atoms with Gasteiger partial charge in [-0.25, -0.2) is 4.39 Å². The molecule has 0 unspecified atom stereocenters. The Kier molecular flexibility index (Phi) is 9.87. The SMILES string of the molecule is CC(C)CNC(=O)[C@H](Cc1ccccc1)N(Cc1cccc(Br)c1)C(=O)Cc1c(F)cccc1Cl. The highest BCUT2D eigenvalue weighted by Gasteiger charge is 2.31. The van der Waals surface area contributed by atoms with Gasteiger partial charge in [0.05, 0.1) is 6.42 Å². The lowest BCUT2D eigenvalue weighted by Gasteiger charge is -2.32. The van der Waals surface area contributed by atoms with Crippen LogP contribution in [0.25, 0.3) is 0 Å². The molecular weight excluding hydrogens is 531 g/mol. The Hall–Kier alpha value is -2.70. The van der Waals surface area contributed by atoms with E-state index in [0.29, 0.717) is 13.0 Å². The summed E-state index contributed by atoms with van der Waals surface area (Å²) in [5.74, 6) is -0.914. The van der Waals surface area contributed by atoms with Gasteiger partial charge in [-0.05, 0) is 41.3 Å². The third-order valence-electron chi connectivity index (χ3n) is 5.59. The zero-order valence-electron chi connectivity index (χ0n) is 19.8. The van der Waals surface area contributed by atoms with Gasteiger partial charge in [0, 0.05) is 34.6 Å². The van der Waals surface area contributed by atoms with Gasteiger partial charge in [-0.3, -0.25) is 9.59 Å². The van der Waals surface area contributed by atoms with Crippen molar-refractivity contribution in [3.05, 3.63) is 105 Å². The van der Waals surface area contributed by atoms with Crippen molar-refractivity contribution in [2.75, 3.05) is 6.54 Å². The van der Waals surface area contributed by atoms with E-state index < -0.39 is 11.9 Å². The molecule has 3 aromatic carbocycles. The molecule has 7 heteroatoms. The van der Waals surface area contributed by atoms with E-state index in [1.807, 2.05) is 68.4 Å². The van der Waals surface area contributed by atoms with Crippen LogP contribution in [0, 0.1) is 11.7 Å². The first kappa shape index (κ1) is 26.9. The second kappa shape index (κ2) is 12.8. The monoisotopic (exact) mass is 558 g/mol. The molecule has 1 N–H and O–H groups in total. The molecule has 0 spiro atoms. The van der Waals surface area contributed by atoms with Gasteiger partial charge >= 0.3 is 0 Å². The van der Waals surface area contributed by atoms with Gasteiger partial charge in [0.1, 0.15) is 11.9 Å². The highest BCUT2D eigenvalue weighted by Crippen LogP contribution is 2.23. The molecule has 4 nitrogen and oxygen atoms in total. The third-order valence-corrected chi connectivity index (χ3v) is 6.43. The highest BCUT2D eigenvalue weighted by molar-refractivity contribution is 9.10. The zero-order chi connectivity index (χ0) is 25.4. The molecule has 0 aliphatic heterocycles. The van der Waals surface area contributed by atoms with Gasteiger partial charge in [0.25, 0.3) is 0 Å². The Balaban J connectivity index is 2.00. The third kappa shape index (κ3) is 7.91. The van der Waals surface area contributed by atoms with E-state index in [0.717, 1.165) is 15.6 Å². The largest absolute Gasteiger partial charge is 0.354 e. The van der Waals surface area contributed by atoms with Gasteiger partial charge in [-0.15, -0.1) is 0 Å². The van der Waals surface area contributed by atoms with E-state index in [2.05, 4.69) is 21.2 Å². The van der Waals surface area contributed by atoms with E-state index in [1.54, 1.807) is 6.07 Å². The van der Waals surface area contributed by atoms with Crippen molar-refractivity contribution in [1.29, 1.82) is 0 Å². The maximum atomic E-state index is 14.5. The zero-order valence-corrected chi connectivity index (χ0v) is 22.2. The standard InChI is InChI=1S/C28H29BrClFN2O2/c1-19(2)17-32-28(35)26(15-20-8-4-3-5-9-20)33(18-21-10-6-11-22(29)14-21)27(34)16-23-24(30)12-7-13-25(23)31/h3-14,19,26H,15-18H2,1-2H3,(H,32,35)/t26-/m0/s1. The Labute approximate surface area is 219 Å². The molecule has 0 heterocycles. The molecular formula is C28H29BrClFN2O2. The number of benzene rings is 3. The Morgan fingerprint density at radius 1 is 1.00 bits per heavy atom. The van der Waals surface area contributed by atoms with Crippen LogP contribution in [0.15, 0.2) is 77.3 Å². The first-order chi connectivity index (χ1) is 16.7. The van der Waals surface area contributed by atoms with Gasteiger partial charge in [-0.2, -0.15) is 0 Å². The topological polar surface area (TPSA) is 49.4 Å². The summed E-state index contributed by atoms with van der Waals surface area (Å²) in [6.45, 7) is 4.70. The fraction of sp³-hybridized carbons (Fsp3) is 0.286. The van der Waals surface area contributed by atoms with Crippen LogP contribution in [-0.4, -0.2) is 29.3 Å². The Morgan fingerprint density at radius 2 is 1.69 bits per heavy atom. The minimum Gasteiger partial charge on any atom is -0.354 e. The molecule has 0 aliphatic rings. The molecule has 184 valence electrons. The van der Waals surface area contributed by atoms with Crippen LogP contribution in [-0.2, 0) is 29.0 Å². The van der Waals surface area contributed by atoms with Crippen molar-refractivity contribution in [3.8, 4) is 0 Å². The van der Waals surface area contributed by atoms with E-state index >= 15 is 0 Å². The minimum atomic E-state index is -0.784.